The second-order valence-corrected chi connectivity index (χ2v) is 18.1. The van der Waals surface area contributed by atoms with Crippen molar-refractivity contribution in [2.24, 2.45) is 20.5 Å². The van der Waals surface area contributed by atoms with E-state index >= 15 is 0 Å². The van der Waals surface area contributed by atoms with Gasteiger partial charge in [-0.25, -0.2) is 0 Å². The van der Waals surface area contributed by atoms with Crippen LogP contribution in [-0.4, -0.2) is 69.4 Å². The maximum atomic E-state index is 13.6. The number of phenolic OH excluding ortho intramolecular Hbond substituents is 1. The molecule has 0 unspecified atom stereocenters. The number of rotatable bonds is 17. The monoisotopic (exact) mass is 961 g/mol. The lowest BCUT2D eigenvalue weighted by Gasteiger charge is -2.14. The fourth-order valence-electron chi connectivity index (χ4n) is 6.92. The molecule has 68 heavy (non-hydrogen) atoms. The molecule has 0 fully saturated rings. The van der Waals surface area contributed by atoms with E-state index < -0.39 is 36.8 Å². The molecule has 0 aromatic heterocycles. The molecule has 21 heteroatoms. The number of phenols is 1. The molecule has 0 atom stereocenters. The van der Waals surface area contributed by atoms with Crippen LogP contribution < -0.4 is 30.6 Å². The summed E-state index contributed by atoms with van der Waals surface area (Å²) < 4.78 is 83.1. The molecule has 0 aliphatic heterocycles. The molecule has 0 radical (unpaired) electrons. The molecule has 7 aromatic carbocycles. The van der Waals surface area contributed by atoms with Gasteiger partial charge in [-0.15, -0.1) is 15.3 Å². The molecule has 7 aromatic rings. The van der Waals surface area contributed by atoms with Gasteiger partial charge in [0.1, 0.15) is 39.2 Å². The number of hydrogen-bond acceptors (Lipinski definition) is 15. The Morgan fingerprint density at radius 1 is 0.632 bits per heavy atom. The molecule has 0 heterocycles. The normalized spacial score (nSPS) is 11.9. The predicted octanol–water partition coefficient (Wildman–Crippen LogP) is 10.2. The van der Waals surface area contributed by atoms with Crippen molar-refractivity contribution in [3.8, 4) is 23.0 Å². The molecule has 7 N–H and O–H groups in total. The Morgan fingerprint density at radius 2 is 1.25 bits per heavy atom. The van der Waals surface area contributed by atoms with Crippen molar-refractivity contribution < 1.29 is 54.8 Å². The van der Waals surface area contributed by atoms with Gasteiger partial charge in [0.2, 0.25) is 0 Å². The smallest absolute Gasteiger partial charge is 0.296 e. The van der Waals surface area contributed by atoms with E-state index in [0.29, 0.717) is 61.9 Å². The van der Waals surface area contributed by atoms with E-state index in [9.17, 15) is 36.1 Å². The molecule has 0 saturated carbocycles. The third kappa shape index (κ3) is 11.5. The summed E-state index contributed by atoms with van der Waals surface area (Å²) >= 11 is 0. The van der Waals surface area contributed by atoms with Gasteiger partial charge in [0.15, 0.2) is 5.75 Å². The Kier molecular flexibility index (Phi) is 14.3. The van der Waals surface area contributed by atoms with Gasteiger partial charge in [-0.05, 0) is 121 Å². The fraction of sp³-hybridized carbons (Fsp3) is 0.149. The van der Waals surface area contributed by atoms with E-state index in [4.69, 9.17) is 24.5 Å². The topological polar surface area (TPSA) is 290 Å². The summed E-state index contributed by atoms with van der Waals surface area (Å²) in [7, 11) is -6.09. The standard InChI is InChI=1S/C47H43N7O12S2/c1-27-21-31(47(57)50-40-24-35-29(23-44(40)68(61,62)63)7-6-8-41(35)66-19-4-5-20-67(58,59)60)12-17-36(27)51-53-38-25-43(65-3)39(26-42(38)64-2)54-52-37-18-11-30-22-33(15-16-34(30)45(37)55)49-46(56)28-9-13-32(48)14-10-28/h6-18,21-26,55H,4-5,19-20,48H2,1-3H3,(H,49,56)(H,50,57)(H,58,59,60)(H,61,62,63). The van der Waals surface area contributed by atoms with E-state index in [1.165, 1.54) is 56.7 Å². The number of nitrogens with zero attached hydrogens (tertiary/aromatic N) is 4. The van der Waals surface area contributed by atoms with Crippen LogP contribution in [0.5, 0.6) is 23.0 Å². The van der Waals surface area contributed by atoms with Gasteiger partial charge in [-0.2, -0.15) is 21.9 Å². The summed E-state index contributed by atoms with van der Waals surface area (Å²) in [6, 6.07) is 29.8. The van der Waals surface area contributed by atoms with Crippen LogP contribution in [-0.2, 0) is 20.2 Å². The fourth-order valence-corrected chi connectivity index (χ4v) is 8.15. The lowest BCUT2D eigenvalue weighted by molar-refractivity contribution is 0.101. The number of unbranched alkanes of at least 4 members (excludes halogenated alkanes) is 1. The van der Waals surface area contributed by atoms with Crippen LogP contribution >= 0.6 is 0 Å². The first-order valence-corrected chi connectivity index (χ1v) is 23.5. The molecule has 19 nitrogen and oxygen atoms in total. The predicted molar refractivity (Wildman–Crippen MR) is 256 cm³/mol. The first-order valence-electron chi connectivity index (χ1n) is 20.5. The SMILES string of the molecule is COc1cc(N=Nc2ccc3cc(NC(=O)c4ccc(N)cc4)ccc3c2O)c(OC)cc1N=Nc1ccc(C(=O)Nc2cc3c(OCCCCS(=O)(=O)O)cccc3cc2S(=O)(=O)O)cc1C. The highest BCUT2D eigenvalue weighted by molar-refractivity contribution is 7.86. The number of nitrogens with one attached hydrogen (secondary N) is 2. The minimum Gasteiger partial charge on any atom is -0.505 e. The Morgan fingerprint density at radius 3 is 1.90 bits per heavy atom. The summed E-state index contributed by atoms with van der Waals surface area (Å²) in [5, 5.41) is 35.7. The number of azo groups is 2. The molecule has 7 rings (SSSR count). The first-order chi connectivity index (χ1) is 32.4. The Balaban J connectivity index is 1.06. The molecule has 0 aliphatic carbocycles. The number of nitrogen functional groups attached to an aromatic ring is 1. The molecular formula is C47H43N7O12S2. The number of aromatic hydroxyl groups is 1. The molecule has 2 amide bonds. The average Bonchev–Trinajstić information content (AvgIpc) is 3.30. The van der Waals surface area contributed by atoms with Gasteiger partial charge in [0.05, 0.1) is 38.0 Å². The third-order valence-corrected chi connectivity index (χ3v) is 12.1. The minimum absolute atomic E-state index is 0.0807. The average molecular weight is 962 g/mol. The maximum Gasteiger partial charge on any atom is 0.296 e. The van der Waals surface area contributed by atoms with Gasteiger partial charge < -0.3 is 35.7 Å². The number of nitrogens with two attached hydrogens (primary N) is 1. The van der Waals surface area contributed by atoms with Crippen LogP contribution in [0, 0.1) is 6.92 Å². The Hall–Kier alpha value is -7.98. The van der Waals surface area contributed by atoms with Crippen molar-refractivity contribution in [2.45, 2.75) is 24.7 Å². The first kappa shape index (κ1) is 48.0. The molecule has 0 aliphatic rings. The lowest BCUT2D eigenvalue weighted by atomic mass is 10.1. The van der Waals surface area contributed by atoms with Gasteiger partial charge >= 0.3 is 0 Å². The van der Waals surface area contributed by atoms with Crippen LogP contribution in [0.15, 0.2) is 141 Å². The molecule has 0 spiro atoms. The van der Waals surface area contributed by atoms with E-state index in [2.05, 4.69) is 31.1 Å². The lowest BCUT2D eigenvalue weighted by Crippen LogP contribution is -2.15. The van der Waals surface area contributed by atoms with Crippen molar-refractivity contribution in [2.75, 3.05) is 42.9 Å². The zero-order valence-corrected chi connectivity index (χ0v) is 38.1. The number of fused-ring (bicyclic) bond motifs is 2. The highest BCUT2D eigenvalue weighted by Gasteiger charge is 2.21. The Bertz CT molecular complexity index is 3380. The maximum absolute atomic E-state index is 13.6. The number of carbonyl (C=O) groups excluding carboxylic acids is 2. The number of amides is 2. The molecule has 0 bridgehead atoms. The molecule has 350 valence electrons. The summed E-state index contributed by atoms with van der Waals surface area (Å²) in [4.78, 5) is 25.7. The number of hydrogen-bond donors (Lipinski definition) is 6. The van der Waals surface area contributed by atoms with Crippen LogP contribution in [0.2, 0.25) is 0 Å². The quantitative estimate of drug-likeness (QED) is 0.0214. The van der Waals surface area contributed by atoms with Gasteiger partial charge in [-0.3, -0.25) is 18.7 Å². The summed E-state index contributed by atoms with van der Waals surface area (Å²) in [5.74, 6) is -0.777. The summed E-state index contributed by atoms with van der Waals surface area (Å²) in [5.41, 5.74) is 8.69. The molecular weight excluding hydrogens is 919 g/mol. The van der Waals surface area contributed by atoms with E-state index in [-0.39, 0.29) is 64.5 Å². The third-order valence-electron chi connectivity index (χ3n) is 10.4. The van der Waals surface area contributed by atoms with Gasteiger partial charge in [-0.1, -0.05) is 18.2 Å². The number of carbonyl (C=O) groups is 2. The van der Waals surface area contributed by atoms with Crippen LogP contribution in [0.1, 0.15) is 39.1 Å². The zero-order valence-electron chi connectivity index (χ0n) is 36.5. The molecule has 0 saturated heterocycles. The largest absolute Gasteiger partial charge is 0.505 e. The van der Waals surface area contributed by atoms with Crippen LogP contribution in [0.25, 0.3) is 21.5 Å². The van der Waals surface area contributed by atoms with E-state index in [1.54, 1.807) is 79.7 Å². The highest BCUT2D eigenvalue weighted by Crippen LogP contribution is 2.43. The Labute approximate surface area is 389 Å². The van der Waals surface area contributed by atoms with Crippen molar-refractivity contribution in [3.05, 3.63) is 132 Å². The van der Waals surface area contributed by atoms with Crippen molar-refractivity contribution in [1.82, 2.24) is 0 Å². The second kappa shape index (κ2) is 20.3. The number of anilines is 3. The van der Waals surface area contributed by atoms with Crippen molar-refractivity contribution in [1.29, 1.82) is 0 Å². The van der Waals surface area contributed by atoms with E-state index in [1.807, 2.05) is 0 Å². The van der Waals surface area contributed by atoms with Gasteiger partial charge in [0, 0.05) is 45.4 Å². The number of ether oxygens (including phenoxy) is 3. The summed E-state index contributed by atoms with van der Waals surface area (Å²) in [6.07, 6.45) is 0.436. The number of benzene rings is 7. The number of aryl methyl sites for hydroxylation is 1. The second-order valence-electron chi connectivity index (χ2n) is 15.1. The number of methoxy groups -OCH3 is 2. The van der Waals surface area contributed by atoms with Crippen molar-refractivity contribution >= 4 is 93.4 Å². The van der Waals surface area contributed by atoms with E-state index in [0.717, 1.165) is 0 Å². The highest BCUT2D eigenvalue weighted by atomic mass is 32.2. The van der Waals surface area contributed by atoms with Crippen molar-refractivity contribution in [3.63, 3.8) is 0 Å². The van der Waals surface area contributed by atoms with Crippen LogP contribution in [0.4, 0.5) is 39.8 Å². The van der Waals surface area contributed by atoms with Gasteiger partial charge in [0.25, 0.3) is 32.1 Å². The van der Waals surface area contributed by atoms with Crippen LogP contribution in [0.3, 0.4) is 0 Å². The summed E-state index contributed by atoms with van der Waals surface area (Å²) in [6.45, 7) is 1.77. The minimum atomic E-state index is -4.82. The zero-order chi connectivity index (χ0) is 48.8.